The molecule has 0 aromatic heterocycles. The van der Waals surface area contributed by atoms with Crippen LogP contribution in [-0.2, 0) is 14.3 Å². The van der Waals surface area contributed by atoms with Crippen molar-refractivity contribution in [2.75, 3.05) is 30.2 Å². The topological polar surface area (TPSA) is 95.9 Å². The fraction of sp³-hybridized carbons (Fsp3) is 0.375. The van der Waals surface area contributed by atoms with E-state index in [1.54, 1.807) is 11.8 Å². The first-order chi connectivity index (χ1) is 16.0. The average molecular weight is 487 g/mol. The van der Waals surface area contributed by atoms with E-state index in [9.17, 15) is 19.5 Å². The maximum atomic E-state index is 13.1. The zero-order valence-electron chi connectivity index (χ0n) is 18.2. The van der Waals surface area contributed by atoms with Gasteiger partial charge in [0.25, 0.3) is 0 Å². The molecule has 4 rings (SSSR count). The lowest BCUT2D eigenvalue weighted by atomic mass is 9.98. The number of thioether (sulfide) groups is 2. The number of rotatable bonds is 8. The second-order valence-electron chi connectivity index (χ2n) is 7.97. The Balaban J connectivity index is 1.43. The average Bonchev–Trinajstić information content (AvgIpc) is 3.43. The zero-order chi connectivity index (χ0) is 23.4. The number of carbonyl (C=O) groups excluding carboxylic acids is 2. The third-order valence-electron chi connectivity index (χ3n) is 5.99. The van der Waals surface area contributed by atoms with Crippen LogP contribution in [0.1, 0.15) is 23.5 Å². The van der Waals surface area contributed by atoms with Crippen LogP contribution in [0, 0.1) is 0 Å². The molecule has 7 nitrogen and oxygen atoms in total. The van der Waals surface area contributed by atoms with E-state index in [-0.39, 0.29) is 18.4 Å². The Morgan fingerprint density at radius 2 is 1.79 bits per heavy atom. The van der Waals surface area contributed by atoms with E-state index in [0.29, 0.717) is 23.8 Å². The van der Waals surface area contributed by atoms with Crippen LogP contribution in [0.25, 0.3) is 11.1 Å². The van der Waals surface area contributed by atoms with Crippen LogP contribution in [0.4, 0.5) is 4.79 Å². The summed E-state index contributed by atoms with van der Waals surface area (Å²) in [7, 11) is 0. The van der Waals surface area contributed by atoms with Gasteiger partial charge in [0.15, 0.2) is 0 Å². The predicted molar refractivity (Wildman–Crippen MR) is 131 cm³/mol. The van der Waals surface area contributed by atoms with E-state index in [2.05, 4.69) is 17.4 Å². The van der Waals surface area contributed by atoms with Crippen molar-refractivity contribution in [3.05, 3.63) is 59.7 Å². The SMILES string of the molecule is CSCC[C@@H](NC(=O)OCC1c2ccccc2-c2ccccc21)C(=O)N1CSCC1C(=O)O. The van der Waals surface area contributed by atoms with Crippen LogP contribution in [0.5, 0.6) is 0 Å². The number of hydrogen-bond donors (Lipinski definition) is 2. The molecule has 0 spiro atoms. The third kappa shape index (κ3) is 4.99. The summed E-state index contributed by atoms with van der Waals surface area (Å²) in [4.78, 5) is 38.6. The Morgan fingerprint density at radius 1 is 1.15 bits per heavy atom. The van der Waals surface area contributed by atoms with Gasteiger partial charge < -0.3 is 20.1 Å². The quantitative estimate of drug-likeness (QED) is 0.588. The molecular weight excluding hydrogens is 460 g/mol. The molecule has 2 aromatic rings. The first kappa shape index (κ1) is 23.5. The molecule has 2 amide bonds. The van der Waals surface area contributed by atoms with Crippen molar-refractivity contribution < 1.29 is 24.2 Å². The number of alkyl carbamates (subject to hydrolysis) is 1. The van der Waals surface area contributed by atoms with Crippen LogP contribution < -0.4 is 5.32 Å². The smallest absolute Gasteiger partial charge is 0.407 e. The van der Waals surface area contributed by atoms with Gasteiger partial charge in [0, 0.05) is 11.7 Å². The van der Waals surface area contributed by atoms with Gasteiger partial charge >= 0.3 is 12.1 Å². The number of fused-ring (bicyclic) bond motifs is 3. The van der Waals surface area contributed by atoms with Gasteiger partial charge in [-0.25, -0.2) is 9.59 Å². The van der Waals surface area contributed by atoms with E-state index >= 15 is 0 Å². The molecular formula is C24H26N2O5S2. The number of nitrogens with one attached hydrogen (secondary N) is 1. The van der Waals surface area contributed by atoms with Gasteiger partial charge in [-0.3, -0.25) is 4.79 Å². The fourth-order valence-corrected chi connectivity index (χ4v) is 5.97. The molecule has 2 aliphatic rings. The lowest BCUT2D eigenvalue weighted by Crippen LogP contribution is -2.52. The molecule has 2 atom stereocenters. The van der Waals surface area contributed by atoms with E-state index < -0.39 is 24.1 Å². The van der Waals surface area contributed by atoms with E-state index in [1.807, 2.05) is 42.7 Å². The first-order valence-corrected chi connectivity index (χ1v) is 13.3. The molecule has 1 fully saturated rings. The molecule has 1 saturated heterocycles. The standard InChI is InChI=1S/C24H26N2O5S2/c1-32-11-10-20(22(27)26-14-33-13-21(26)23(28)29)25-24(30)31-12-19-17-8-4-2-6-15(17)16-7-3-5-9-18(16)19/h2-9,19-21H,10-14H2,1H3,(H,25,30)(H,28,29)/t20-,21?/m1/s1. The Hall–Kier alpha value is -2.65. The summed E-state index contributed by atoms with van der Waals surface area (Å²) in [5, 5.41) is 12.1. The summed E-state index contributed by atoms with van der Waals surface area (Å²) < 4.78 is 5.59. The lowest BCUT2D eigenvalue weighted by Gasteiger charge is -2.26. The molecule has 1 unspecified atom stereocenters. The van der Waals surface area contributed by atoms with Crippen LogP contribution >= 0.6 is 23.5 Å². The van der Waals surface area contributed by atoms with Gasteiger partial charge in [0.05, 0.1) is 5.88 Å². The highest BCUT2D eigenvalue weighted by molar-refractivity contribution is 7.99. The minimum atomic E-state index is -1.03. The van der Waals surface area contributed by atoms with E-state index in [0.717, 1.165) is 22.3 Å². The van der Waals surface area contributed by atoms with Crippen LogP contribution in [-0.4, -0.2) is 70.3 Å². The van der Waals surface area contributed by atoms with Gasteiger partial charge in [-0.05, 0) is 40.7 Å². The Bertz CT molecular complexity index is 1000. The number of carbonyl (C=O) groups is 3. The highest BCUT2D eigenvalue weighted by Gasteiger charge is 2.38. The number of nitrogens with zero attached hydrogens (tertiary/aromatic N) is 1. The van der Waals surface area contributed by atoms with Crippen molar-refractivity contribution in [3.8, 4) is 11.1 Å². The maximum Gasteiger partial charge on any atom is 0.407 e. The summed E-state index contributed by atoms with van der Waals surface area (Å²) >= 11 is 2.95. The minimum absolute atomic E-state index is 0.0742. The summed E-state index contributed by atoms with van der Waals surface area (Å²) in [6.45, 7) is 0.153. The van der Waals surface area contributed by atoms with Crippen molar-refractivity contribution >= 4 is 41.5 Å². The predicted octanol–water partition coefficient (Wildman–Crippen LogP) is 3.63. The summed E-state index contributed by atoms with van der Waals surface area (Å²) in [6, 6.07) is 14.5. The van der Waals surface area contributed by atoms with Gasteiger partial charge in [-0.1, -0.05) is 48.5 Å². The molecule has 1 heterocycles. The Kier molecular flexibility index (Phi) is 7.49. The molecule has 2 aromatic carbocycles. The van der Waals surface area contributed by atoms with Crippen LogP contribution in [0.3, 0.4) is 0 Å². The van der Waals surface area contributed by atoms with Gasteiger partial charge in [-0.2, -0.15) is 11.8 Å². The zero-order valence-corrected chi connectivity index (χ0v) is 19.9. The first-order valence-electron chi connectivity index (χ1n) is 10.7. The van der Waals surface area contributed by atoms with Crippen molar-refractivity contribution in [3.63, 3.8) is 0 Å². The largest absolute Gasteiger partial charge is 0.480 e. The molecule has 174 valence electrons. The second kappa shape index (κ2) is 10.5. The minimum Gasteiger partial charge on any atom is -0.480 e. The van der Waals surface area contributed by atoms with Crippen molar-refractivity contribution in [2.24, 2.45) is 0 Å². The molecule has 9 heteroatoms. The van der Waals surface area contributed by atoms with Gasteiger partial charge in [0.1, 0.15) is 18.7 Å². The molecule has 1 aliphatic heterocycles. The van der Waals surface area contributed by atoms with Gasteiger partial charge in [0.2, 0.25) is 5.91 Å². The fourth-order valence-electron chi connectivity index (χ4n) is 4.34. The summed E-state index contributed by atoms with van der Waals surface area (Å²) in [5.41, 5.74) is 4.50. The number of amides is 2. The van der Waals surface area contributed by atoms with Crippen LogP contribution in [0.15, 0.2) is 48.5 Å². The van der Waals surface area contributed by atoms with Crippen molar-refractivity contribution in [2.45, 2.75) is 24.4 Å². The molecule has 0 saturated carbocycles. The highest BCUT2D eigenvalue weighted by atomic mass is 32.2. The Labute approximate surface area is 201 Å². The van der Waals surface area contributed by atoms with E-state index in [4.69, 9.17) is 4.74 Å². The number of aliphatic carboxylic acids is 1. The number of hydrogen-bond acceptors (Lipinski definition) is 6. The normalized spacial score (nSPS) is 17.8. The molecule has 1 aliphatic carbocycles. The highest BCUT2D eigenvalue weighted by Crippen LogP contribution is 2.44. The van der Waals surface area contributed by atoms with Crippen LogP contribution in [0.2, 0.25) is 0 Å². The van der Waals surface area contributed by atoms with Crippen molar-refractivity contribution in [1.82, 2.24) is 10.2 Å². The second-order valence-corrected chi connectivity index (χ2v) is 9.95. The molecule has 33 heavy (non-hydrogen) atoms. The lowest BCUT2D eigenvalue weighted by molar-refractivity contribution is -0.148. The number of ether oxygens (including phenoxy) is 1. The number of carboxylic acid groups (broad SMARTS) is 1. The summed E-state index contributed by atoms with van der Waals surface area (Å²) in [6.07, 6.45) is 1.65. The monoisotopic (exact) mass is 486 g/mol. The number of benzene rings is 2. The van der Waals surface area contributed by atoms with E-state index in [1.165, 1.54) is 16.7 Å². The Morgan fingerprint density at radius 3 is 2.39 bits per heavy atom. The van der Waals surface area contributed by atoms with Gasteiger partial charge in [-0.15, -0.1) is 11.8 Å². The molecule has 0 radical (unpaired) electrons. The third-order valence-corrected chi connectivity index (χ3v) is 7.65. The summed E-state index contributed by atoms with van der Waals surface area (Å²) in [5.74, 6) is -0.180. The molecule has 2 N–H and O–H groups in total. The maximum absolute atomic E-state index is 13.1. The van der Waals surface area contributed by atoms with Crippen molar-refractivity contribution in [1.29, 1.82) is 0 Å². The number of carboxylic acids is 1. The molecule has 0 bridgehead atoms.